The maximum absolute atomic E-state index is 13.5. The van der Waals surface area contributed by atoms with Gasteiger partial charge < -0.3 is 15.0 Å². The summed E-state index contributed by atoms with van der Waals surface area (Å²) < 4.78 is 6.32. The number of carbonyl (C=O) groups excluding carboxylic acids is 2. The van der Waals surface area contributed by atoms with Gasteiger partial charge in [-0.25, -0.2) is 4.79 Å². The molecule has 1 heterocycles. The molecule has 1 aliphatic heterocycles. The first-order chi connectivity index (χ1) is 13.7. The highest BCUT2D eigenvalue weighted by atomic mass is 79.9. The van der Waals surface area contributed by atoms with E-state index in [-0.39, 0.29) is 18.4 Å². The molecule has 0 aliphatic carbocycles. The van der Waals surface area contributed by atoms with Crippen LogP contribution >= 0.6 is 15.9 Å². The van der Waals surface area contributed by atoms with E-state index in [1.807, 2.05) is 52.0 Å². The Morgan fingerprint density at radius 1 is 1.10 bits per heavy atom. The first-order valence-corrected chi connectivity index (χ1v) is 10.7. The van der Waals surface area contributed by atoms with Gasteiger partial charge in [-0.1, -0.05) is 22.9 Å². The number of carbonyl (C=O) groups is 2. The predicted molar refractivity (Wildman–Crippen MR) is 120 cm³/mol. The molecule has 0 bridgehead atoms. The Morgan fingerprint density at radius 2 is 1.79 bits per heavy atom. The Labute approximate surface area is 180 Å². The van der Waals surface area contributed by atoms with Gasteiger partial charge in [0.15, 0.2) is 5.54 Å². The van der Waals surface area contributed by atoms with Crippen molar-refractivity contribution in [1.29, 1.82) is 0 Å². The first-order valence-electron chi connectivity index (χ1n) is 9.87. The van der Waals surface area contributed by atoms with Crippen LogP contribution in [0, 0.1) is 20.8 Å². The van der Waals surface area contributed by atoms with E-state index in [0.717, 1.165) is 32.5 Å². The Morgan fingerprint density at radius 3 is 2.41 bits per heavy atom. The van der Waals surface area contributed by atoms with Gasteiger partial charge in [-0.2, -0.15) is 0 Å². The van der Waals surface area contributed by atoms with Crippen molar-refractivity contribution in [2.45, 2.75) is 46.6 Å². The second kappa shape index (κ2) is 8.19. The van der Waals surface area contributed by atoms with Crippen LogP contribution < -0.4 is 10.2 Å². The third-order valence-corrected chi connectivity index (χ3v) is 6.51. The fourth-order valence-electron chi connectivity index (χ4n) is 3.62. The minimum Gasteiger partial charge on any atom is -0.464 e. The van der Waals surface area contributed by atoms with Gasteiger partial charge in [-0.3, -0.25) is 4.79 Å². The van der Waals surface area contributed by atoms with Crippen molar-refractivity contribution >= 4 is 39.2 Å². The highest BCUT2D eigenvalue weighted by molar-refractivity contribution is 9.10. The predicted octanol–water partition coefficient (Wildman–Crippen LogP) is 5.16. The lowest BCUT2D eigenvalue weighted by molar-refractivity contribution is -0.148. The van der Waals surface area contributed by atoms with Crippen molar-refractivity contribution in [3.63, 3.8) is 0 Å². The monoisotopic (exact) mass is 458 g/mol. The zero-order valence-corrected chi connectivity index (χ0v) is 19.1. The summed E-state index contributed by atoms with van der Waals surface area (Å²) in [4.78, 5) is 28.1. The second-order valence-electron chi connectivity index (χ2n) is 7.59. The van der Waals surface area contributed by atoms with Gasteiger partial charge >= 0.3 is 5.97 Å². The number of fused-ring (bicyclic) bond motifs is 1. The lowest BCUT2D eigenvalue weighted by Gasteiger charge is -2.43. The fourth-order valence-corrected chi connectivity index (χ4v) is 3.87. The number of anilines is 2. The van der Waals surface area contributed by atoms with Crippen LogP contribution in [0.3, 0.4) is 0 Å². The topological polar surface area (TPSA) is 58.6 Å². The molecule has 5 nitrogen and oxygen atoms in total. The number of esters is 1. The molecule has 29 heavy (non-hydrogen) atoms. The average Bonchev–Trinajstić information content (AvgIpc) is 2.70. The number of aryl methyl sites for hydroxylation is 3. The third-order valence-electron chi connectivity index (χ3n) is 5.62. The number of hydrogen-bond donors (Lipinski definition) is 1. The molecule has 1 aliphatic rings. The molecule has 0 radical (unpaired) electrons. The van der Waals surface area contributed by atoms with Crippen molar-refractivity contribution in [2.75, 3.05) is 23.4 Å². The second-order valence-corrected chi connectivity index (χ2v) is 8.44. The number of nitrogens with one attached hydrogen (secondary N) is 1. The lowest BCUT2D eigenvalue weighted by Crippen LogP contribution is -2.59. The Balaban J connectivity index is 2.13. The molecule has 6 heteroatoms. The summed E-state index contributed by atoms with van der Waals surface area (Å²) in [5.41, 5.74) is 4.34. The van der Waals surface area contributed by atoms with E-state index < -0.39 is 5.54 Å². The van der Waals surface area contributed by atoms with E-state index in [4.69, 9.17) is 4.74 Å². The maximum Gasteiger partial charge on any atom is 0.333 e. The van der Waals surface area contributed by atoms with Crippen LogP contribution in [0.15, 0.2) is 34.8 Å². The van der Waals surface area contributed by atoms with Crippen molar-refractivity contribution in [3.05, 3.63) is 57.1 Å². The van der Waals surface area contributed by atoms with Crippen molar-refractivity contribution in [3.8, 4) is 0 Å². The number of hydrogen-bond acceptors (Lipinski definition) is 4. The van der Waals surface area contributed by atoms with Crippen LogP contribution in [0.4, 0.5) is 11.4 Å². The summed E-state index contributed by atoms with van der Waals surface area (Å²) in [5.74, 6) is -0.468. The Kier molecular flexibility index (Phi) is 6.03. The minimum absolute atomic E-state index is 0.131. The SMILES string of the molecule is CCOC(=O)C1(CC)CN(C(=O)c2ccc(Br)c(C)c2)c2cc(C)c(C)cc2N1. The van der Waals surface area contributed by atoms with Crippen molar-refractivity contribution < 1.29 is 14.3 Å². The van der Waals surface area contributed by atoms with E-state index >= 15 is 0 Å². The fraction of sp³-hybridized carbons (Fsp3) is 0.391. The minimum atomic E-state index is -0.981. The maximum atomic E-state index is 13.5. The average molecular weight is 459 g/mol. The molecule has 1 N–H and O–H groups in total. The molecular weight excluding hydrogens is 432 g/mol. The number of rotatable bonds is 4. The molecule has 1 atom stereocenters. The number of halogens is 1. The summed E-state index contributed by atoms with van der Waals surface area (Å²) in [6.45, 7) is 10.2. The zero-order chi connectivity index (χ0) is 21.3. The molecule has 1 amide bonds. The van der Waals surface area contributed by atoms with Gasteiger partial charge in [0.25, 0.3) is 5.91 Å². The molecule has 0 fully saturated rings. The van der Waals surface area contributed by atoms with Crippen LogP contribution in [-0.2, 0) is 9.53 Å². The van der Waals surface area contributed by atoms with E-state index in [1.54, 1.807) is 17.9 Å². The lowest BCUT2D eigenvalue weighted by atomic mass is 9.90. The number of benzene rings is 2. The summed E-state index contributed by atoms with van der Waals surface area (Å²) in [5, 5.41) is 3.39. The molecule has 154 valence electrons. The number of amides is 1. The largest absolute Gasteiger partial charge is 0.464 e. The molecular formula is C23H27BrN2O3. The van der Waals surface area contributed by atoms with E-state index in [2.05, 4.69) is 21.2 Å². The highest BCUT2D eigenvalue weighted by Gasteiger charge is 2.45. The summed E-state index contributed by atoms with van der Waals surface area (Å²) in [6.07, 6.45) is 0.501. The molecule has 0 spiro atoms. The van der Waals surface area contributed by atoms with Crippen LogP contribution in [-0.4, -0.2) is 30.6 Å². The first kappa shape index (κ1) is 21.4. The standard InChI is InChI=1S/C23H27BrN2O3/c1-6-23(22(28)29-7-2)13-26(20-12-15(4)14(3)11-19(20)25-23)21(27)17-8-9-18(24)16(5)10-17/h8-12,25H,6-7,13H2,1-5H3. The van der Waals surface area contributed by atoms with E-state index in [0.29, 0.717) is 18.6 Å². The van der Waals surface area contributed by atoms with Gasteiger partial charge in [0.1, 0.15) is 0 Å². The molecule has 0 aromatic heterocycles. The van der Waals surface area contributed by atoms with Gasteiger partial charge in [-0.05, 0) is 81.1 Å². The van der Waals surface area contributed by atoms with Gasteiger partial charge in [0.2, 0.25) is 0 Å². The summed E-state index contributed by atoms with van der Waals surface area (Å²) in [6, 6.07) is 9.56. The molecule has 1 unspecified atom stereocenters. The van der Waals surface area contributed by atoms with Crippen LogP contribution in [0.1, 0.15) is 47.3 Å². The summed E-state index contributed by atoms with van der Waals surface area (Å²) in [7, 11) is 0. The summed E-state index contributed by atoms with van der Waals surface area (Å²) >= 11 is 3.49. The van der Waals surface area contributed by atoms with Crippen LogP contribution in [0.25, 0.3) is 0 Å². The number of ether oxygens (including phenoxy) is 1. The highest BCUT2D eigenvalue weighted by Crippen LogP contribution is 2.39. The normalized spacial score (nSPS) is 18.1. The molecule has 0 saturated carbocycles. The van der Waals surface area contributed by atoms with Crippen molar-refractivity contribution in [2.24, 2.45) is 0 Å². The van der Waals surface area contributed by atoms with Crippen molar-refractivity contribution in [1.82, 2.24) is 0 Å². The van der Waals surface area contributed by atoms with Gasteiger partial charge in [0.05, 0.1) is 24.5 Å². The van der Waals surface area contributed by atoms with Gasteiger partial charge in [-0.15, -0.1) is 0 Å². The van der Waals surface area contributed by atoms with E-state index in [1.165, 1.54) is 0 Å². The Bertz CT molecular complexity index is 973. The molecule has 0 saturated heterocycles. The quantitative estimate of drug-likeness (QED) is 0.642. The zero-order valence-electron chi connectivity index (χ0n) is 17.6. The van der Waals surface area contributed by atoms with Gasteiger partial charge in [0, 0.05) is 10.0 Å². The van der Waals surface area contributed by atoms with E-state index in [9.17, 15) is 9.59 Å². The van der Waals surface area contributed by atoms with Crippen LogP contribution in [0.2, 0.25) is 0 Å². The molecule has 3 rings (SSSR count). The third kappa shape index (κ3) is 3.90. The smallest absolute Gasteiger partial charge is 0.333 e. The Hall–Kier alpha value is -2.34. The molecule has 2 aromatic rings. The number of nitrogens with zero attached hydrogens (tertiary/aromatic N) is 1. The van der Waals surface area contributed by atoms with Crippen LogP contribution in [0.5, 0.6) is 0 Å². The molecule has 2 aromatic carbocycles.